The van der Waals surface area contributed by atoms with Crippen molar-refractivity contribution in [2.75, 3.05) is 6.54 Å². The minimum Gasteiger partial charge on any atom is -0.406 e. The van der Waals surface area contributed by atoms with Gasteiger partial charge < -0.3 is 15.8 Å². The van der Waals surface area contributed by atoms with E-state index in [1.165, 1.54) is 24.3 Å². The molecule has 0 fully saturated rings. The molecule has 0 spiro atoms. The molecule has 0 aliphatic heterocycles. The third-order valence-electron chi connectivity index (χ3n) is 3.13. The number of guanidine groups is 1. The number of nitrogens with one attached hydrogen (secondary N) is 1. The topological polar surface area (TPSA) is 72.5 Å². The van der Waals surface area contributed by atoms with Crippen molar-refractivity contribution in [3.63, 3.8) is 0 Å². The Balaban J connectivity index is 0.00000338. The molecule has 1 aromatic heterocycles. The van der Waals surface area contributed by atoms with Gasteiger partial charge in [0.1, 0.15) is 5.75 Å². The van der Waals surface area contributed by atoms with Crippen molar-refractivity contribution in [1.29, 1.82) is 0 Å². The molecule has 0 radical (unpaired) electrons. The molecule has 0 saturated carbocycles. The molecule has 2 aromatic rings. The summed E-state index contributed by atoms with van der Waals surface area (Å²) in [7, 11) is 0. The lowest BCUT2D eigenvalue weighted by Crippen LogP contribution is -2.32. The van der Waals surface area contributed by atoms with Crippen LogP contribution in [0.3, 0.4) is 0 Å². The van der Waals surface area contributed by atoms with Crippen molar-refractivity contribution in [1.82, 2.24) is 10.3 Å². The van der Waals surface area contributed by atoms with Gasteiger partial charge in [-0.15, -0.1) is 48.5 Å². The van der Waals surface area contributed by atoms with Gasteiger partial charge in [-0.2, -0.15) is 0 Å². The average molecular weight is 500 g/mol. The largest absolute Gasteiger partial charge is 0.573 e. The van der Waals surface area contributed by atoms with Crippen LogP contribution in [0.5, 0.6) is 5.75 Å². The van der Waals surface area contributed by atoms with Crippen molar-refractivity contribution >= 4 is 41.3 Å². The summed E-state index contributed by atoms with van der Waals surface area (Å²) in [6.45, 7) is 2.91. The lowest BCUT2D eigenvalue weighted by molar-refractivity contribution is -0.274. The van der Waals surface area contributed by atoms with Crippen LogP contribution in [0.25, 0.3) is 0 Å². The number of rotatable bonds is 7. The van der Waals surface area contributed by atoms with Gasteiger partial charge in [0.15, 0.2) is 5.96 Å². The first-order chi connectivity index (χ1) is 11.8. The quantitative estimate of drug-likeness (QED) is 0.261. The van der Waals surface area contributed by atoms with Crippen LogP contribution in [0.15, 0.2) is 34.6 Å². The third-order valence-corrected chi connectivity index (χ3v) is 4.16. The van der Waals surface area contributed by atoms with E-state index < -0.39 is 6.36 Å². The van der Waals surface area contributed by atoms with E-state index in [9.17, 15) is 13.2 Å². The van der Waals surface area contributed by atoms with Gasteiger partial charge in [-0.3, -0.25) is 0 Å². The highest BCUT2D eigenvalue weighted by Crippen LogP contribution is 2.22. The molecule has 0 unspecified atom stereocenters. The highest BCUT2D eigenvalue weighted by molar-refractivity contribution is 14.0. The van der Waals surface area contributed by atoms with Gasteiger partial charge in [-0.1, -0.05) is 12.1 Å². The molecule has 0 aliphatic rings. The number of nitrogens with two attached hydrogens (primary N) is 1. The number of alkyl halides is 3. The third kappa shape index (κ3) is 8.70. The number of aryl methyl sites for hydroxylation is 2. The summed E-state index contributed by atoms with van der Waals surface area (Å²) in [5, 5.41) is 6.11. The van der Waals surface area contributed by atoms with Crippen molar-refractivity contribution in [3.05, 3.63) is 45.9 Å². The highest BCUT2D eigenvalue weighted by Gasteiger charge is 2.30. The van der Waals surface area contributed by atoms with Crippen molar-refractivity contribution in [2.45, 2.75) is 32.7 Å². The number of halogens is 4. The first-order valence-corrected chi connectivity index (χ1v) is 8.49. The molecule has 5 nitrogen and oxygen atoms in total. The van der Waals surface area contributed by atoms with Crippen LogP contribution < -0.4 is 15.8 Å². The summed E-state index contributed by atoms with van der Waals surface area (Å²) in [4.78, 5) is 8.54. The fourth-order valence-electron chi connectivity index (χ4n) is 2.00. The standard InChI is InChI=1S/C16H19F3N4OS.HI/c1-11-10-25-14(23-11)3-2-8-21-15(20)22-9-12-4-6-13(7-5-12)24-16(17,18)19;/h4-7,10H,2-3,8-9H2,1H3,(H3,20,21,22);1H. The van der Waals surface area contributed by atoms with Crippen LogP contribution in [0.1, 0.15) is 22.7 Å². The summed E-state index contributed by atoms with van der Waals surface area (Å²) >= 11 is 1.64. The van der Waals surface area contributed by atoms with E-state index in [-0.39, 0.29) is 36.3 Å². The Morgan fingerprint density at radius 2 is 2.00 bits per heavy atom. The number of aromatic nitrogens is 1. The summed E-state index contributed by atoms with van der Waals surface area (Å²) in [6, 6.07) is 5.53. The van der Waals surface area contributed by atoms with Crippen molar-refractivity contribution < 1.29 is 17.9 Å². The minimum absolute atomic E-state index is 0. The fraction of sp³-hybridized carbons (Fsp3) is 0.375. The number of ether oxygens (including phenoxy) is 1. The maximum Gasteiger partial charge on any atom is 0.573 e. The SMILES string of the molecule is Cc1csc(CCCNC(N)=NCc2ccc(OC(F)(F)F)cc2)n1.I. The van der Waals surface area contributed by atoms with Gasteiger partial charge in [0.2, 0.25) is 0 Å². The molecule has 0 bridgehead atoms. The van der Waals surface area contributed by atoms with Crippen LogP contribution in [0.2, 0.25) is 0 Å². The molecule has 0 aliphatic carbocycles. The van der Waals surface area contributed by atoms with Crippen LogP contribution >= 0.6 is 35.3 Å². The monoisotopic (exact) mass is 500 g/mol. The first kappa shape index (κ1) is 22.5. The second-order valence-electron chi connectivity index (χ2n) is 5.31. The minimum atomic E-state index is -4.69. The number of hydrogen-bond donors (Lipinski definition) is 2. The predicted molar refractivity (Wildman–Crippen MR) is 107 cm³/mol. The summed E-state index contributed by atoms with van der Waals surface area (Å²) < 4.78 is 40.1. The number of hydrogen-bond acceptors (Lipinski definition) is 4. The molecule has 1 aromatic carbocycles. The number of nitrogens with zero attached hydrogens (tertiary/aromatic N) is 2. The maximum absolute atomic E-state index is 12.1. The number of benzene rings is 1. The van der Waals surface area contributed by atoms with Gasteiger partial charge in [-0.25, -0.2) is 9.98 Å². The zero-order chi connectivity index (χ0) is 18.3. The Hall–Kier alpha value is -1.56. The predicted octanol–water partition coefficient (Wildman–Crippen LogP) is 4.01. The molecule has 26 heavy (non-hydrogen) atoms. The van der Waals surface area contributed by atoms with Gasteiger partial charge in [0.25, 0.3) is 0 Å². The van der Waals surface area contributed by atoms with Crippen molar-refractivity contribution in [3.8, 4) is 5.75 Å². The Kier molecular flexibility index (Phi) is 9.13. The molecule has 3 N–H and O–H groups in total. The van der Waals surface area contributed by atoms with Crippen LogP contribution in [-0.2, 0) is 13.0 Å². The lowest BCUT2D eigenvalue weighted by Gasteiger charge is -2.09. The zero-order valence-electron chi connectivity index (χ0n) is 14.0. The van der Waals surface area contributed by atoms with E-state index in [1.54, 1.807) is 11.3 Å². The molecule has 0 saturated heterocycles. The smallest absolute Gasteiger partial charge is 0.406 e. The van der Waals surface area contributed by atoms with Gasteiger partial charge in [-0.05, 0) is 31.0 Å². The number of thiazole rings is 1. The molecule has 0 atom stereocenters. The first-order valence-electron chi connectivity index (χ1n) is 7.61. The van der Waals surface area contributed by atoms with E-state index in [2.05, 4.69) is 20.0 Å². The summed E-state index contributed by atoms with van der Waals surface area (Å²) in [6.07, 6.45) is -2.93. The van der Waals surface area contributed by atoms with E-state index in [4.69, 9.17) is 5.73 Å². The van der Waals surface area contributed by atoms with Crippen LogP contribution in [0, 0.1) is 6.92 Å². The van der Waals surface area contributed by atoms with E-state index in [1.807, 2.05) is 12.3 Å². The van der Waals surface area contributed by atoms with Crippen molar-refractivity contribution in [2.24, 2.45) is 10.7 Å². The molecule has 2 rings (SSSR count). The van der Waals surface area contributed by atoms with Crippen LogP contribution in [0.4, 0.5) is 13.2 Å². The normalized spacial score (nSPS) is 11.8. The van der Waals surface area contributed by atoms with Gasteiger partial charge in [0, 0.05) is 24.0 Å². The Morgan fingerprint density at radius 3 is 2.58 bits per heavy atom. The van der Waals surface area contributed by atoms with Gasteiger partial charge >= 0.3 is 6.36 Å². The number of aliphatic imine (C=N–C) groups is 1. The van der Waals surface area contributed by atoms with E-state index in [0.717, 1.165) is 29.1 Å². The second-order valence-corrected chi connectivity index (χ2v) is 6.25. The maximum atomic E-state index is 12.1. The molecule has 1 heterocycles. The van der Waals surface area contributed by atoms with E-state index in [0.29, 0.717) is 12.5 Å². The fourth-order valence-corrected chi connectivity index (χ4v) is 2.82. The molecule has 10 heteroatoms. The Bertz CT molecular complexity index is 704. The molecule has 0 amide bonds. The highest BCUT2D eigenvalue weighted by atomic mass is 127. The second kappa shape index (κ2) is 10.6. The van der Waals surface area contributed by atoms with Gasteiger partial charge in [0.05, 0.1) is 11.6 Å². The molecular formula is C16H20F3IN4OS. The summed E-state index contributed by atoms with van der Waals surface area (Å²) in [5.41, 5.74) is 7.53. The average Bonchev–Trinajstić information content (AvgIpc) is 2.95. The summed E-state index contributed by atoms with van der Waals surface area (Å²) in [5.74, 6) is 0.0367. The Labute approximate surface area is 170 Å². The van der Waals surface area contributed by atoms with Crippen LogP contribution in [-0.4, -0.2) is 23.9 Å². The zero-order valence-corrected chi connectivity index (χ0v) is 17.2. The Morgan fingerprint density at radius 1 is 1.31 bits per heavy atom. The molecule has 144 valence electrons. The molecular weight excluding hydrogens is 480 g/mol. The van der Waals surface area contributed by atoms with E-state index >= 15 is 0 Å². The lowest BCUT2D eigenvalue weighted by atomic mass is 10.2.